The molecule has 5 nitrogen and oxygen atoms in total. The quantitative estimate of drug-likeness (QED) is 0.694. The predicted molar refractivity (Wildman–Crippen MR) is 117 cm³/mol. The van der Waals surface area contributed by atoms with Gasteiger partial charge < -0.3 is 14.5 Å². The van der Waals surface area contributed by atoms with Crippen molar-refractivity contribution in [3.05, 3.63) is 47.3 Å². The first kappa shape index (κ1) is 21.5. The van der Waals surface area contributed by atoms with Gasteiger partial charge in [0.05, 0.1) is 18.4 Å². The fourth-order valence-corrected chi connectivity index (χ4v) is 4.95. The minimum Gasteiger partial charge on any atom is -0.384 e. The van der Waals surface area contributed by atoms with E-state index in [-0.39, 0.29) is 11.8 Å². The number of rotatable bonds is 7. The number of amides is 2. The van der Waals surface area contributed by atoms with Crippen molar-refractivity contribution in [2.45, 2.75) is 25.7 Å². The molecule has 1 unspecified atom stereocenters. The molecule has 2 aromatic rings. The lowest BCUT2D eigenvalue weighted by Gasteiger charge is -2.43. The van der Waals surface area contributed by atoms with Crippen LogP contribution in [0.25, 0.3) is 10.4 Å². The lowest BCUT2D eigenvalue weighted by molar-refractivity contribution is -0.147. The van der Waals surface area contributed by atoms with E-state index in [1.54, 1.807) is 37.4 Å². The van der Waals surface area contributed by atoms with Gasteiger partial charge in [0.1, 0.15) is 0 Å². The Bertz CT molecular complexity index is 834. The van der Waals surface area contributed by atoms with Crippen LogP contribution in [0.1, 0.15) is 24.8 Å². The summed E-state index contributed by atoms with van der Waals surface area (Å²) in [6, 6.07) is 12.6. The van der Waals surface area contributed by atoms with Crippen LogP contribution < -0.4 is 0 Å². The number of likely N-dealkylation sites (tertiary alicyclic amines) is 1. The molecule has 1 aromatic carbocycles. The Morgan fingerprint density at radius 1 is 1.24 bits per heavy atom. The van der Waals surface area contributed by atoms with Crippen molar-refractivity contribution >= 4 is 23.2 Å². The Morgan fingerprint density at radius 3 is 2.76 bits per heavy atom. The molecule has 29 heavy (non-hydrogen) atoms. The summed E-state index contributed by atoms with van der Waals surface area (Å²) in [4.78, 5) is 30.7. The van der Waals surface area contributed by atoms with Crippen LogP contribution in [0, 0.1) is 5.41 Å². The summed E-state index contributed by atoms with van der Waals surface area (Å²) in [7, 11) is 5.21. The number of benzene rings is 1. The Kier molecular flexibility index (Phi) is 7.09. The van der Waals surface area contributed by atoms with Crippen LogP contribution in [0.5, 0.6) is 0 Å². The molecule has 156 valence electrons. The molecule has 2 amide bonds. The van der Waals surface area contributed by atoms with Crippen molar-refractivity contribution in [1.82, 2.24) is 9.80 Å². The summed E-state index contributed by atoms with van der Waals surface area (Å²) in [5.41, 5.74) is 1.73. The predicted octanol–water partition coefficient (Wildman–Crippen LogP) is 3.69. The zero-order valence-electron chi connectivity index (χ0n) is 17.5. The SMILES string of the molecule is COCCC(=O)N1CCCC(Cc2cccc(-c3cccs3)c2)(C(=O)N(C)C)C1. The molecular weight excluding hydrogens is 384 g/mol. The molecule has 0 bridgehead atoms. The number of thiophene rings is 1. The van der Waals surface area contributed by atoms with Gasteiger partial charge in [-0.1, -0.05) is 30.3 Å². The van der Waals surface area contributed by atoms with Gasteiger partial charge in [-0.15, -0.1) is 11.3 Å². The summed E-state index contributed by atoms with van der Waals surface area (Å²) in [5.74, 6) is 0.165. The molecule has 0 aliphatic carbocycles. The van der Waals surface area contributed by atoms with E-state index >= 15 is 0 Å². The van der Waals surface area contributed by atoms with Crippen LogP contribution in [0.3, 0.4) is 0 Å². The van der Waals surface area contributed by atoms with E-state index in [4.69, 9.17) is 4.74 Å². The normalized spacial score (nSPS) is 19.2. The van der Waals surface area contributed by atoms with E-state index in [2.05, 4.69) is 35.7 Å². The number of ether oxygens (including phenoxy) is 1. The number of carbonyl (C=O) groups excluding carboxylic acids is 2. The van der Waals surface area contributed by atoms with Crippen molar-refractivity contribution in [1.29, 1.82) is 0 Å². The second-order valence-corrected chi connectivity index (χ2v) is 8.94. The zero-order valence-corrected chi connectivity index (χ0v) is 18.3. The largest absolute Gasteiger partial charge is 0.384 e. The van der Waals surface area contributed by atoms with Gasteiger partial charge in [0.2, 0.25) is 11.8 Å². The maximum absolute atomic E-state index is 13.3. The van der Waals surface area contributed by atoms with Gasteiger partial charge >= 0.3 is 0 Å². The van der Waals surface area contributed by atoms with Crippen LogP contribution >= 0.6 is 11.3 Å². The fourth-order valence-electron chi connectivity index (χ4n) is 4.23. The molecule has 0 spiro atoms. The van der Waals surface area contributed by atoms with E-state index in [0.29, 0.717) is 32.5 Å². The van der Waals surface area contributed by atoms with Crippen molar-refractivity contribution in [2.24, 2.45) is 5.41 Å². The molecule has 1 fully saturated rings. The molecule has 3 rings (SSSR count). The number of methoxy groups -OCH3 is 1. The highest BCUT2D eigenvalue weighted by Crippen LogP contribution is 2.37. The maximum atomic E-state index is 13.3. The zero-order chi connectivity index (χ0) is 20.9. The number of hydrogen-bond donors (Lipinski definition) is 0. The number of carbonyl (C=O) groups is 2. The average molecular weight is 415 g/mol. The van der Waals surface area contributed by atoms with E-state index in [1.807, 2.05) is 11.0 Å². The molecule has 1 aromatic heterocycles. The minimum atomic E-state index is -0.585. The van der Waals surface area contributed by atoms with Gasteiger partial charge in [-0.05, 0) is 41.8 Å². The van der Waals surface area contributed by atoms with Gasteiger partial charge in [0.15, 0.2) is 0 Å². The van der Waals surface area contributed by atoms with Crippen LogP contribution in [0.15, 0.2) is 41.8 Å². The maximum Gasteiger partial charge on any atom is 0.230 e. The molecule has 0 radical (unpaired) electrons. The minimum absolute atomic E-state index is 0.0646. The van der Waals surface area contributed by atoms with Gasteiger partial charge in [0.25, 0.3) is 0 Å². The second-order valence-electron chi connectivity index (χ2n) is 8.00. The topological polar surface area (TPSA) is 49.9 Å². The van der Waals surface area contributed by atoms with Crippen LogP contribution in [0.2, 0.25) is 0 Å². The highest BCUT2D eigenvalue weighted by molar-refractivity contribution is 7.13. The lowest BCUT2D eigenvalue weighted by atomic mass is 9.73. The second kappa shape index (κ2) is 9.55. The average Bonchev–Trinajstić information content (AvgIpc) is 3.26. The number of hydrogen-bond acceptors (Lipinski definition) is 4. The molecule has 1 aliphatic rings. The number of nitrogens with zero attached hydrogens (tertiary/aromatic N) is 2. The smallest absolute Gasteiger partial charge is 0.230 e. The van der Waals surface area contributed by atoms with Gasteiger partial charge in [-0.2, -0.15) is 0 Å². The van der Waals surface area contributed by atoms with Crippen molar-refractivity contribution in [3.63, 3.8) is 0 Å². The summed E-state index contributed by atoms with van der Waals surface area (Å²) >= 11 is 1.71. The molecule has 0 N–H and O–H groups in total. The monoisotopic (exact) mass is 414 g/mol. The molecular formula is C23H30N2O3S. The Morgan fingerprint density at radius 2 is 2.07 bits per heavy atom. The third-order valence-corrected chi connectivity index (χ3v) is 6.50. The Hall–Kier alpha value is -2.18. The standard InChI is InChI=1S/C23H30N2O3S/c1-24(2)22(27)23(11-6-12-25(17-23)21(26)10-13-28-3)16-18-7-4-8-19(15-18)20-9-5-14-29-20/h4-5,7-9,14-15H,6,10-13,16-17H2,1-3H3. The number of piperidine rings is 1. The van der Waals surface area contributed by atoms with Gasteiger partial charge in [0, 0.05) is 39.2 Å². The molecule has 0 saturated carbocycles. The summed E-state index contributed by atoms with van der Waals surface area (Å²) in [6.07, 6.45) is 2.62. The van der Waals surface area contributed by atoms with Crippen molar-refractivity contribution in [2.75, 3.05) is 40.9 Å². The van der Waals surface area contributed by atoms with Gasteiger partial charge in [-0.3, -0.25) is 9.59 Å². The summed E-state index contributed by atoms with van der Waals surface area (Å²) in [5, 5.41) is 2.07. The Balaban J connectivity index is 1.87. The van der Waals surface area contributed by atoms with Gasteiger partial charge in [-0.25, -0.2) is 0 Å². The molecule has 1 aliphatic heterocycles. The van der Waals surface area contributed by atoms with E-state index in [9.17, 15) is 9.59 Å². The van der Waals surface area contributed by atoms with Crippen LogP contribution in [-0.2, 0) is 20.7 Å². The van der Waals surface area contributed by atoms with E-state index < -0.39 is 5.41 Å². The highest BCUT2D eigenvalue weighted by atomic mass is 32.1. The van der Waals surface area contributed by atoms with Crippen molar-refractivity contribution < 1.29 is 14.3 Å². The first-order chi connectivity index (χ1) is 13.9. The molecule has 1 saturated heterocycles. The highest BCUT2D eigenvalue weighted by Gasteiger charge is 2.44. The van der Waals surface area contributed by atoms with E-state index in [0.717, 1.165) is 18.4 Å². The van der Waals surface area contributed by atoms with E-state index in [1.165, 1.54) is 10.4 Å². The van der Waals surface area contributed by atoms with Crippen molar-refractivity contribution in [3.8, 4) is 10.4 Å². The first-order valence-corrected chi connectivity index (χ1v) is 10.9. The third-order valence-electron chi connectivity index (χ3n) is 5.58. The summed E-state index contributed by atoms with van der Waals surface area (Å²) in [6.45, 7) is 1.59. The third kappa shape index (κ3) is 5.06. The lowest BCUT2D eigenvalue weighted by Crippen LogP contribution is -2.54. The van der Waals surface area contributed by atoms with Crippen LogP contribution in [-0.4, -0.2) is 62.5 Å². The molecule has 2 heterocycles. The fraction of sp³-hybridized carbons (Fsp3) is 0.478. The summed E-state index contributed by atoms with van der Waals surface area (Å²) < 4.78 is 5.06. The van der Waals surface area contributed by atoms with Crippen LogP contribution in [0.4, 0.5) is 0 Å². The molecule has 1 atom stereocenters. The first-order valence-electron chi connectivity index (χ1n) is 10.1. The molecule has 6 heteroatoms. The Labute approximate surface area is 177 Å².